The minimum Gasteiger partial charge on any atom is -0.445 e. The Morgan fingerprint density at radius 1 is 1.41 bits per heavy atom. The highest BCUT2D eigenvalue weighted by Crippen LogP contribution is 2.20. The van der Waals surface area contributed by atoms with Gasteiger partial charge in [0, 0.05) is 11.9 Å². The van der Waals surface area contributed by atoms with E-state index in [4.69, 9.17) is 9.47 Å². The molecular formula is C18H27N3O5S. The lowest BCUT2D eigenvalue weighted by atomic mass is 10.2. The second kappa shape index (κ2) is 10.7. The monoisotopic (exact) mass is 397 g/mol. The first-order valence-electron chi connectivity index (χ1n) is 8.38. The zero-order valence-corrected chi connectivity index (χ0v) is 16.8. The minimum absolute atomic E-state index is 0.0714. The predicted molar refractivity (Wildman–Crippen MR) is 103 cm³/mol. The molecule has 2 N–H and O–H groups in total. The van der Waals surface area contributed by atoms with Gasteiger partial charge in [-0.05, 0) is 20.8 Å². The average molecular weight is 397 g/mol. The first-order chi connectivity index (χ1) is 12.7. The molecule has 0 aromatic carbocycles. The molecule has 1 aromatic heterocycles. The van der Waals surface area contributed by atoms with Crippen LogP contribution in [0.5, 0.6) is 0 Å². The molecule has 0 spiro atoms. The third-order valence-corrected chi connectivity index (χ3v) is 3.94. The molecule has 0 radical (unpaired) electrons. The van der Waals surface area contributed by atoms with E-state index < -0.39 is 23.8 Å². The van der Waals surface area contributed by atoms with Crippen molar-refractivity contribution in [3.8, 4) is 0 Å². The summed E-state index contributed by atoms with van der Waals surface area (Å²) in [6.45, 7) is 12.6. The minimum atomic E-state index is -0.670. The number of ether oxygens (including phenoxy) is 2. The van der Waals surface area contributed by atoms with Crippen LogP contribution < -0.4 is 5.32 Å². The maximum atomic E-state index is 12.2. The molecule has 1 atom stereocenters. The lowest BCUT2D eigenvalue weighted by molar-refractivity contribution is 0.0484. The van der Waals surface area contributed by atoms with Crippen molar-refractivity contribution in [1.82, 2.24) is 15.2 Å². The molecule has 0 aliphatic heterocycles. The van der Waals surface area contributed by atoms with Gasteiger partial charge in [0.05, 0.1) is 24.9 Å². The number of aliphatic hydroxyl groups excluding tert-OH is 1. The number of hydrogen-bond acceptors (Lipinski definition) is 7. The fourth-order valence-corrected chi connectivity index (χ4v) is 2.75. The molecule has 2 amide bonds. The van der Waals surface area contributed by atoms with Crippen molar-refractivity contribution < 1.29 is 24.2 Å². The summed E-state index contributed by atoms with van der Waals surface area (Å²) in [6.07, 6.45) is 1.82. The van der Waals surface area contributed by atoms with E-state index in [9.17, 15) is 14.7 Å². The van der Waals surface area contributed by atoms with Crippen LogP contribution in [0.1, 0.15) is 37.5 Å². The van der Waals surface area contributed by atoms with Crippen LogP contribution in [0, 0.1) is 0 Å². The molecular weight excluding hydrogens is 370 g/mol. The van der Waals surface area contributed by atoms with Crippen LogP contribution in [0.25, 0.3) is 0 Å². The van der Waals surface area contributed by atoms with Gasteiger partial charge in [0.25, 0.3) is 0 Å². The van der Waals surface area contributed by atoms with E-state index in [2.05, 4.69) is 23.5 Å². The van der Waals surface area contributed by atoms with Crippen LogP contribution in [0.3, 0.4) is 0 Å². The van der Waals surface area contributed by atoms with Crippen LogP contribution in [0.2, 0.25) is 0 Å². The maximum Gasteiger partial charge on any atom is 0.410 e. The molecule has 1 aromatic rings. The highest BCUT2D eigenvalue weighted by molar-refractivity contribution is 7.09. The van der Waals surface area contributed by atoms with Gasteiger partial charge in [0.2, 0.25) is 0 Å². The number of nitrogens with one attached hydrogen (secondary N) is 1. The van der Waals surface area contributed by atoms with Gasteiger partial charge in [-0.1, -0.05) is 18.7 Å². The van der Waals surface area contributed by atoms with E-state index >= 15 is 0 Å². The Morgan fingerprint density at radius 2 is 2.11 bits per heavy atom. The second-order valence-corrected chi connectivity index (χ2v) is 7.52. The molecule has 0 fully saturated rings. The average Bonchev–Trinajstić information content (AvgIpc) is 3.06. The van der Waals surface area contributed by atoms with Gasteiger partial charge in [-0.15, -0.1) is 17.9 Å². The number of aromatic nitrogens is 1. The third kappa shape index (κ3) is 8.23. The Bertz CT molecular complexity index is 654. The second-order valence-electron chi connectivity index (χ2n) is 6.58. The van der Waals surface area contributed by atoms with Crippen LogP contribution in [-0.2, 0) is 16.1 Å². The van der Waals surface area contributed by atoms with Gasteiger partial charge in [-0.3, -0.25) is 0 Å². The summed E-state index contributed by atoms with van der Waals surface area (Å²) in [5.41, 5.74) is -0.156. The van der Waals surface area contributed by atoms with Crippen molar-refractivity contribution >= 4 is 23.5 Å². The zero-order chi connectivity index (χ0) is 20.4. The number of thiazole rings is 1. The number of alkyl carbamates (subject to hydrolysis) is 1. The first-order valence-corrected chi connectivity index (χ1v) is 9.26. The summed E-state index contributed by atoms with van der Waals surface area (Å²) in [6, 6.07) is -0.646. The first kappa shape index (κ1) is 22.7. The van der Waals surface area contributed by atoms with E-state index in [1.54, 1.807) is 32.2 Å². The van der Waals surface area contributed by atoms with Crippen molar-refractivity contribution in [2.75, 3.05) is 19.7 Å². The lowest BCUT2D eigenvalue weighted by Crippen LogP contribution is -2.43. The van der Waals surface area contributed by atoms with Gasteiger partial charge >= 0.3 is 12.2 Å². The normalized spacial score (nSPS) is 12.0. The number of amides is 2. The number of nitrogens with zero attached hydrogens (tertiary/aromatic N) is 2. The van der Waals surface area contributed by atoms with E-state index in [-0.39, 0.29) is 26.3 Å². The fraction of sp³-hybridized carbons (Fsp3) is 0.500. The molecule has 150 valence electrons. The Balaban J connectivity index is 2.99. The van der Waals surface area contributed by atoms with E-state index in [0.29, 0.717) is 10.7 Å². The summed E-state index contributed by atoms with van der Waals surface area (Å²) in [7, 11) is 0. The predicted octanol–water partition coefficient (Wildman–Crippen LogP) is 3.01. The van der Waals surface area contributed by atoms with Crippen LogP contribution >= 0.6 is 11.3 Å². The third-order valence-electron chi connectivity index (χ3n) is 3.09. The Hall–Kier alpha value is -2.39. The van der Waals surface area contributed by atoms with E-state index in [1.807, 2.05) is 0 Å². The summed E-state index contributed by atoms with van der Waals surface area (Å²) < 4.78 is 10.4. The zero-order valence-electron chi connectivity index (χ0n) is 15.9. The molecule has 9 heteroatoms. The molecule has 0 aliphatic rings. The van der Waals surface area contributed by atoms with Crippen molar-refractivity contribution in [2.45, 2.75) is 39.0 Å². The quantitative estimate of drug-likeness (QED) is 0.621. The van der Waals surface area contributed by atoms with E-state index in [0.717, 1.165) is 0 Å². The smallest absolute Gasteiger partial charge is 0.410 e. The molecule has 0 saturated carbocycles. The van der Waals surface area contributed by atoms with Gasteiger partial charge in [-0.2, -0.15) is 0 Å². The van der Waals surface area contributed by atoms with Crippen LogP contribution in [-0.4, -0.2) is 52.5 Å². The van der Waals surface area contributed by atoms with Gasteiger partial charge < -0.3 is 24.8 Å². The highest BCUT2D eigenvalue weighted by atomic mass is 32.1. The SMILES string of the molecule is C=CCOC(=O)N(CC=C)CC(NC(=O)OC(C)(C)C)c1csc(CO)n1. The van der Waals surface area contributed by atoms with Crippen molar-refractivity contribution in [3.63, 3.8) is 0 Å². The molecule has 1 unspecified atom stereocenters. The summed E-state index contributed by atoms with van der Waals surface area (Å²) in [5, 5.41) is 14.2. The van der Waals surface area contributed by atoms with E-state index in [1.165, 1.54) is 22.3 Å². The number of carbonyl (C=O) groups excluding carboxylic acids is 2. The number of rotatable bonds is 9. The van der Waals surface area contributed by atoms with Gasteiger partial charge in [-0.25, -0.2) is 14.6 Å². The van der Waals surface area contributed by atoms with Crippen molar-refractivity contribution in [3.05, 3.63) is 41.4 Å². The Labute approximate surface area is 163 Å². The van der Waals surface area contributed by atoms with Gasteiger partial charge in [0.1, 0.15) is 17.2 Å². The molecule has 0 aliphatic carbocycles. The van der Waals surface area contributed by atoms with Crippen LogP contribution in [0.4, 0.5) is 9.59 Å². The molecule has 0 bridgehead atoms. The van der Waals surface area contributed by atoms with Gasteiger partial charge in [0.15, 0.2) is 0 Å². The van der Waals surface area contributed by atoms with Crippen molar-refractivity contribution in [2.24, 2.45) is 0 Å². The number of hydrogen-bond donors (Lipinski definition) is 2. The largest absolute Gasteiger partial charge is 0.445 e. The fourth-order valence-electron chi connectivity index (χ4n) is 2.04. The molecule has 0 saturated heterocycles. The summed E-state index contributed by atoms with van der Waals surface area (Å²) in [4.78, 5) is 30.1. The molecule has 8 nitrogen and oxygen atoms in total. The standard InChI is InChI=1S/C18H27N3O5S/c1-6-8-21(17(24)25-9-7-2)10-13(14-12-27-15(11-22)19-14)20-16(23)26-18(3,4)5/h6-7,12-13,22H,1-2,8-11H2,3-5H3,(H,20,23). The van der Waals surface area contributed by atoms with Crippen molar-refractivity contribution in [1.29, 1.82) is 0 Å². The van der Waals surface area contributed by atoms with Crippen LogP contribution in [0.15, 0.2) is 30.7 Å². The topological polar surface area (TPSA) is 101 Å². The Kier molecular flexibility index (Phi) is 8.96. The number of carbonyl (C=O) groups is 2. The Morgan fingerprint density at radius 3 is 2.63 bits per heavy atom. The maximum absolute atomic E-state index is 12.2. The summed E-state index contributed by atoms with van der Waals surface area (Å²) in [5.74, 6) is 0. The molecule has 27 heavy (non-hydrogen) atoms. The molecule has 1 heterocycles. The highest BCUT2D eigenvalue weighted by Gasteiger charge is 2.26. The molecule has 1 rings (SSSR count). The lowest BCUT2D eigenvalue weighted by Gasteiger charge is -2.27. The number of aliphatic hydroxyl groups is 1. The summed E-state index contributed by atoms with van der Waals surface area (Å²) >= 11 is 1.26.